The topological polar surface area (TPSA) is 83.0 Å². The van der Waals surface area contributed by atoms with Gasteiger partial charge in [-0.05, 0) is 44.2 Å². The van der Waals surface area contributed by atoms with Crippen LogP contribution in [-0.4, -0.2) is 16.1 Å². The Morgan fingerprint density at radius 2 is 2.08 bits per heavy atom. The van der Waals surface area contributed by atoms with Gasteiger partial charge in [-0.2, -0.15) is 0 Å². The summed E-state index contributed by atoms with van der Waals surface area (Å²) in [6.07, 6.45) is 1.65. The van der Waals surface area contributed by atoms with Crippen LogP contribution in [0.5, 0.6) is 11.5 Å². The molecule has 0 amide bonds. The number of aromatic nitrogens is 1. The van der Waals surface area contributed by atoms with E-state index in [1.165, 1.54) is 36.5 Å². The standard InChI is InChI=1S/C27H20ClFN2O5S/c1-14(32)23-24-18-5-3-4-6-21(18)36-27(23,2)30-26-31(24)25(33)22(37-26)12-16-7-8-17(35-16)13-34-15-9-10-20(29)19(28)11-15/h3-12,23-24H,13H2,1-2H3/b22-12+. The Morgan fingerprint density at radius 1 is 1.27 bits per heavy atom. The van der Waals surface area contributed by atoms with Crippen LogP contribution in [0.15, 0.2) is 68.8 Å². The van der Waals surface area contributed by atoms with E-state index in [9.17, 15) is 14.0 Å². The van der Waals surface area contributed by atoms with Crippen molar-refractivity contribution in [2.24, 2.45) is 10.9 Å². The van der Waals surface area contributed by atoms with Crippen molar-refractivity contribution >= 4 is 34.8 Å². The molecule has 0 radical (unpaired) electrons. The van der Waals surface area contributed by atoms with Crippen molar-refractivity contribution in [2.45, 2.75) is 32.2 Å². The second kappa shape index (κ2) is 8.71. The van der Waals surface area contributed by atoms with Crippen molar-refractivity contribution in [1.82, 2.24) is 4.57 Å². The number of thiazole rings is 1. The van der Waals surface area contributed by atoms with Gasteiger partial charge in [-0.1, -0.05) is 41.1 Å². The molecule has 0 spiro atoms. The number of ether oxygens (including phenoxy) is 2. The molecule has 0 saturated carbocycles. The Hall–Kier alpha value is -3.69. The van der Waals surface area contributed by atoms with E-state index in [4.69, 9.17) is 30.5 Å². The van der Waals surface area contributed by atoms with Crippen LogP contribution in [0.25, 0.3) is 6.08 Å². The third kappa shape index (κ3) is 3.98. The van der Waals surface area contributed by atoms with Gasteiger partial charge in [0.25, 0.3) is 5.56 Å². The largest absolute Gasteiger partial charge is 0.486 e. The second-order valence-electron chi connectivity index (χ2n) is 9.08. The summed E-state index contributed by atoms with van der Waals surface area (Å²) in [6, 6.07) is 14.5. The highest BCUT2D eigenvalue weighted by atomic mass is 35.5. The summed E-state index contributed by atoms with van der Waals surface area (Å²) in [4.78, 5) is 31.6. The molecule has 0 fully saturated rings. The summed E-state index contributed by atoms with van der Waals surface area (Å²) in [7, 11) is 0. The van der Waals surface area contributed by atoms with Crippen LogP contribution in [-0.2, 0) is 11.4 Å². The van der Waals surface area contributed by atoms with Gasteiger partial charge < -0.3 is 13.9 Å². The molecule has 4 aromatic rings. The lowest BCUT2D eigenvalue weighted by Crippen LogP contribution is -2.58. The summed E-state index contributed by atoms with van der Waals surface area (Å²) in [5.41, 5.74) is -0.590. The van der Waals surface area contributed by atoms with Crippen molar-refractivity contribution in [2.75, 3.05) is 0 Å². The molecule has 0 N–H and O–H groups in total. The molecular weight excluding hydrogens is 519 g/mol. The molecule has 2 aliphatic heterocycles. The minimum absolute atomic E-state index is 0.0306. The number of para-hydroxylation sites is 1. The van der Waals surface area contributed by atoms with Crippen LogP contribution in [0.2, 0.25) is 5.02 Å². The van der Waals surface area contributed by atoms with Gasteiger partial charge in [0.05, 0.1) is 15.6 Å². The zero-order valence-corrected chi connectivity index (χ0v) is 21.3. The molecule has 2 aromatic carbocycles. The van der Waals surface area contributed by atoms with E-state index in [2.05, 4.69) is 0 Å². The molecule has 6 rings (SSSR count). The van der Waals surface area contributed by atoms with E-state index in [1.54, 1.807) is 29.7 Å². The van der Waals surface area contributed by atoms with Gasteiger partial charge in [0.1, 0.15) is 47.1 Å². The maximum absolute atomic E-state index is 13.6. The van der Waals surface area contributed by atoms with Crippen LogP contribution in [0, 0.1) is 11.7 Å². The number of nitrogens with zero attached hydrogens (tertiary/aromatic N) is 2. The lowest BCUT2D eigenvalue weighted by Gasteiger charge is -2.45. The van der Waals surface area contributed by atoms with Crippen molar-refractivity contribution in [3.8, 4) is 11.5 Å². The number of benzene rings is 2. The number of fused-ring (bicyclic) bond motifs is 6. The molecule has 3 unspecified atom stereocenters. The fourth-order valence-corrected chi connectivity index (χ4v) is 6.21. The van der Waals surface area contributed by atoms with Crippen LogP contribution in [0.1, 0.15) is 37.0 Å². The molecule has 10 heteroatoms. The first-order valence-electron chi connectivity index (χ1n) is 11.5. The number of furan rings is 1. The maximum atomic E-state index is 13.6. The van der Waals surface area contributed by atoms with Gasteiger partial charge in [0.15, 0.2) is 4.80 Å². The number of hydrogen-bond acceptors (Lipinski definition) is 7. The third-order valence-corrected chi connectivity index (χ3v) is 7.82. The highest BCUT2D eigenvalue weighted by Gasteiger charge is 2.53. The Balaban J connectivity index is 1.36. The molecule has 4 heterocycles. The van der Waals surface area contributed by atoms with Gasteiger partial charge in [-0.15, -0.1) is 0 Å². The highest BCUT2D eigenvalue weighted by Crippen LogP contribution is 2.47. The van der Waals surface area contributed by atoms with Crippen LogP contribution < -0.4 is 24.4 Å². The summed E-state index contributed by atoms with van der Waals surface area (Å²) in [5.74, 6) is 0.731. The Labute approximate surface area is 219 Å². The average Bonchev–Trinajstić information content (AvgIpc) is 3.42. The monoisotopic (exact) mass is 538 g/mol. The lowest BCUT2D eigenvalue weighted by atomic mass is 9.79. The predicted molar refractivity (Wildman–Crippen MR) is 135 cm³/mol. The number of carbonyl (C=O) groups excluding carboxylic acids is 1. The molecule has 0 saturated heterocycles. The normalized spacial score (nSPS) is 22.0. The Kier molecular flexibility index (Phi) is 5.58. The smallest absolute Gasteiger partial charge is 0.271 e. The van der Waals surface area contributed by atoms with E-state index in [-0.39, 0.29) is 23.0 Å². The maximum Gasteiger partial charge on any atom is 0.271 e. The van der Waals surface area contributed by atoms with Gasteiger partial charge in [0.2, 0.25) is 5.72 Å². The zero-order valence-electron chi connectivity index (χ0n) is 19.7. The van der Waals surface area contributed by atoms with E-state index < -0.39 is 23.5 Å². The van der Waals surface area contributed by atoms with Crippen molar-refractivity contribution < 1.29 is 23.1 Å². The van der Waals surface area contributed by atoms with Crippen LogP contribution in [0.3, 0.4) is 0 Å². The number of carbonyl (C=O) groups is 1. The van der Waals surface area contributed by atoms with Crippen LogP contribution in [0.4, 0.5) is 4.39 Å². The quantitative estimate of drug-likeness (QED) is 0.379. The summed E-state index contributed by atoms with van der Waals surface area (Å²) in [6.45, 7) is 3.39. The van der Waals surface area contributed by atoms with Crippen LogP contribution >= 0.6 is 22.9 Å². The fourth-order valence-electron chi connectivity index (χ4n) is 4.96. The lowest BCUT2D eigenvalue weighted by molar-refractivity contribution is -0.132. The zero-order chi connectivity index (χ0) is 25.9. The first-order valence-corrected chi connectivity index (χ1v) is 12.7. The van der Waals surface area contributed by atoms with Gasteiger partial charge >= 0.3 is 0 Å². The molecular formula is C27H20ClFN2O5S. The van der Waals surface area contributed by atoms with E-state index >= 15 is 0 Å². The average molecular weight is 539 g/mol. The van der Waals surface area contributed by atoms with Crippen molar-refractivity contribution in [3.05, 3.63) is 102 Å². The fraction of sp³-hybridized carbons (Fsp3) is 0.222. The minimum Gasteiger partial charge on any atom is -0.486 e. The molecule has 188 valence electrons. The second-order valence-corrected chi connectivity index (χ2v) is 10.5. The molecule has 0 aliphatic carbocycles. The van der Waals surface area contributed by atoms with Crippen molar-refractivity contribution in [3.63, 3.8) is 0 Å². The summed E-state index contributed by atoms with van der Waals surface area (Å²) in [5, 5.41) is -0.0306. The molecule has 2 aromatic heterocycles. The van der Waals surface area contributed by atoms with Crippen molar-refractivity contribution in [1.29, 1.82) is 0 Å². The summed E-state index contributed by atoms with van der Waals surface area (Å²) < 4.78 is 33.0. The van der Waals surface area contributed by atoms with E-state index in [0.717, 1.165) is 5.56 Å². The minimum atomic E-state index is -1.11. The first-order chi connectivity index (χ1) is 17.7. The SMILES string of the molecule is CC(=O)C1C2c3ccccc3OC1(C)N=c1s/c(=C/c3ccc(COc4ccc(F)c(Cl)c4)o3)c(=O)n12. The predicted octanol–water partition coefficient (Wildman–Crippen LogP) is 4.24. The van der Waals surface area contributed by atoms with Gasteiger partial charge in [-0.25, -0.2) is 9.38 Å². The van der Waals surface area contributed by atoms with E-state index in [0.29, 0.717) is 32.4 Å². The number of hydrogen-bond donors (Lipinski definition) is 0. The number of ketones is 1. The van der Waals surface area contributed by atoms with Gasteiger partial charge in [0, 0.05) is 17.7 Å². The highest BCUT2D eigenvalue weighted by molar-refractivity contribution is 7.07. The molecule has 2 bridgehead atoms. The molecule has 2 aliphatic rings. The molecule has 3 atom stereocenters. The number of halogens is 2. The Morgan fingerprint density at radius 3 is 2.86 bits per heavy atom. The van der Waals surface area contributed by atoms with Gasteiger partial charge in [-0.3, -0.25) is 14.2 Å². The summed E-state index contributed by atoms with van der Waals surface area (Å²) >= 11 is 7.01. The van der Waals surface area contributed by atoms with E-state index in [1.807, 2.05) is 24.3 Å². The molecule has 37 heavy (non-hydrogen) atoms. The first kappa shape index (κ1) is 23.7. The third-order valence-electron chi connectivity index (χ3n) is 6.55. The number of rotatable bonds is 5. The number of Topliss-reactive ketones (excluding diaryl/α,β-unsaturated/α-hetero) is 1. The molecule has 7 nitrogen and oxygen atoms in total. The Bertz CT molecular complexity index is 1740.